The van der Waals surface area contributed by atoms with Crippen LogP contribution in [0.4, 0.5) is 0 Å². The zero-order valence-electron chi connectivity index (χ0n) is 9.44. The molecular weight excluding hydrogens is 204 g/mol. The van der Waals surface area contributed by atoms with Gasteiger partial charge in [0.2, 0.25) is 0 Å². The highest BCUT2D eigenvalue weighted by molar-refractivity contribution is 7.80. The predicted molar refractivity (Wildman–Crippen MR) is 68.6 cm³/mol. The molecular formula is C12H22N2S. The summed E-state index contributed by atoms with van der Waals surface area (Å²) in [5.74, 6) is 0.864. The van der Waals surface area contributed by atoms with Gasteiger partial charge in [0.05, 0.1) is 0 Å². The summed E-state index contributed by atoms with van der Waals surface area (Å²) in [6, 6.07) is 0.844. The summed E-state index contributed by atoms with van der Waals surface area (Å²) in [5.41, 5.74) is 0. The fraction of sp³-hybridized carbons (Fsp3) is 0.833. The van der Waals surface area contributed by atoms with Crippen molar-refractivity contribution in [1.82, 2.24) is 9.80 Å². The van der Waals surface area contributed by atoms with Crippen LogP contribution in [-0.2, 0) is 0 Å². The van der Waals surface area contributed by atoms with Crippen molar-refractivity contribution in [2.75, 3.05) is 38.5 Å². The first-order valence-electron chi connectivity index (χ1n) is 6.12. The van der Waals surface area contributed by atoms with Gasteiger partial charge < -0.3 is 0 Å². The maximum atomic E-state index is 4.18. The summed E-state index contributed by atoms with van der Waals surface area (Å²) in [7, 11) is 0. The van der Waals surface area contributed by atoms with Crippen LogP contribution in [0, 0.1) is 0 Å². The molecule has 2 aliphatic rings. The van der Waals surface area contributed by atoms with E-state index in [1.807, 2.05) is 0 Å². The van der Waals surface area contributed by atoms with E-state index in [0.717, 1.165) is 18.3 Å². The second kappa shape index (κ2) is 5.92. The molecule has 1 unspecified atom stereocenters. The minimum Gasteiger partial charge on any atom is -0.298 e. The number of thiol groups is 1. The normalized spacial score (nSPS) is 29.5. The van der Waals surface area contributed by atoms with Crippen molar-refractivity contribution in [1.29, 1.82) is 0 Å². The van der Waals surface area contributed by atoms with E-state index in [4.69, 9.17) is 0 Å². The molecule has 0 aromatic rings. The van der Waals surface area contributed by atoms with E-state index < -0.39 is 0 Å². The molecule has 0 spiro atoms. The highest BCUT2D eigenvalue weighted by Crippen LogP contribution is 2.20. The number of rotatable bonds is 3. The van der Waals surface area contributed by atoms with Crippen LogP contribution < -0.4 is 0 Å². The maximum absolute atomic E-state index is 4.18. The second-order valence-electron chi connectivity index (χ2n) is 4.60. The van der Waals surface area contributed by atoms with Gasteiger partial charge in [0.25, 0.3) is 0 Å². The molecule has 2 heterocycles. The van der Waals surface area contributed by atoms with Crippen LogP contribution in [0.25, 0.3) is 0 Å². The van der Waals surface area contributed by atoms with Crippen LogP contribution in [-0.4, -0.2) is 54.3 Å². The predicted octanol–water partition coefficient (Wildman–Crippen LogP) is 1.64. The minimum atomic E-state index is 0.844. The van der Waals surface area contributed by atoms with Gasteiger partial charge in [-0.05, 0) is 19.4 Å². The Kier molecular flexibility index (Phi) is 4.54. The SMILES string of the molecule is SCC=CCN1CCN2CCCCC2C1. The average Bonchev–Trinajstić information content (AvgIpc) is 2.29. The number of nitrogens with zero attached hydrogens (tertiary/aromatic N) is 2. The highest BCUT2D eigenvalue weighted by Gasteiger charge is 2.27. The van der Waals surface area contributed by atoms with Crippen LogP contribution in [0.1, 0.15) is 19.3 Å². The van der Waals surface area contributed by atoms with Gasteiger partial charge in [0.1, 0.15) is 0 Å². The Hall–Kier alpha value is 0.01000. The van der Waals surface area contributed by atoms with Crippen LogP contribution in [0.3, 0.4) is 0 Å². The molecule has 0 amide bonds. The fourth-order valence-corrected chi connectivity index (χ4v) is 2.83. The lowest BCUT2D eigenvalue weighted by molar-refractivity contribution is 0.0552. The van der Waals surface area contributed by atoms with E-state index in [9.17, 15) is 0 Å². The van der Waals surface area contributed by atoms with E-state index in [0.29, 0.717) is 0 Å². The molecule has 2 aliphatic heterocycles. The molecule has 86 valence electrons. The van der Waals surface area contributed by atoms with Gasteiger partial charge in [-0.3, -0.25) is 9.80 Å². The quantitative estimate of drug-likeness (QED) is 0.577. The van der Waals surface area contributed by atoms with Gasteiger partial charge in [-0.2, -0.15) is 12.6 Å². The first-order valence-corrected chi connectivity index (χ1v) is 6.75. The third kappa shape index (κ3) is 3.23. The molecule has 0 aromatic heterocycles. The Labute approximate surface area is 98.7 Å². The third-order valence-electron chi connectivity index (χ3n) is 3.56. The molecule has 2 rings (SSSR count). The monoisotopic (exact) mass is 226 g/mol. The van der Waals surface area contributed by atoms with Gasteiger partial charge in [0.15, 0.2) is 0 Å². The Balaban J connectivity index is 1.78. The van der Waals surface area contributed by atoms with Crippen LogP contribution >= 0.6 is 12.6 Å². The smallest absolute Gasteiger partial charge is 0.0223 e. The lowest BCUT2D eigenvalue weighted by Crippen LogP contribution is -2.54. The highest BCUT2D eigenvalue weighted by atomic mass is 32.1. The summed E-state index contributed by atoms with van der Waals surface area (Å²) in [5, 5.41) is 0. The number of piperazine rings is 1. The Morgan fingerprint density at radius 1 is 1.13 bits per heavy atom. The van der Waals surface area contributed by atoms with Crippen molar-refractivity contribution >= 4 is 12.6 Å². The molecule has 3 heteroatoms. The summed E-state index contributed by atoms with van der Waals surface area (Å²) in [6.45, 7) is 6.25. The van der Waals surface area contributed by atoms with E-state index in [2.05, 4.69) is 34.6 Å². The molecule has 0 radical (unpaired) electrons. The van der Waals surface area contributed by atoms with E-state index >= 15 is 0 Å². The molecule has 0 aromatic carbocycles. The second-order valence-corrected chi connectivity index (χ2v) is 4.96. The lowest BCUT2D eigenvalue weighted by Gasteiger charge is -2.43. The molecule has 0 saturated carbocycles. The first-order chi connectivity index (χ1) is 7.40. The Morgan fingerprint density at radius 3 is 2.93 bits per heavy atom. The summed E-state index contributed by atoms with van der Waals surface area (Å²) in [6.07, 6.45) is 8.66. The van der Waals surface area contributed by atoms with Gasteiger partial charge in [-0.1, -0.05) is 18.6 Å². The average molecular weight is 226 g/mol. The summed E-state index contributed by atoms with van der Waals surface area (Å²) < 4.78 is 0. The Bertz CT molecular complexity index is 218. The largest absolute Gasteiger partial charge is 0.298 e. The van der Waals surface area contributed by atoms with E-state index in [1.54, 1.807) is 0 Å². The fourth-order valence-electron chi connectivity index (χ4n) is 2.68. The molecule has 0 aliphatic carbocycles. The zero-order valence-corrected chi connectivity index (χ0v) is 10.3. The number of fused-ring (bicyclic) bond motifs is 1. The van der Waals surface area contributed by atoms with Crippen molar-refractivity contribution in [2.24, 2.45) is 0 Å². The minimum absolute atomic E-state index is 0.844. The summed E-state index contributed by atoms with van der Waals surface area (Å²) in [4.78, 5) is 5.26. The molecule has 2 saturated heterocycles. The molecule has 15 heavy (non-hydrogen) atoms. The van der Waals surface area contributed by atoms with Crippen molar-refractivity contribution in [3.8, 4) is 0 Å². The molecule has 2 nitrogen and oxygen atoms in total. The molecule has 0 N–H and O–H groups in total. The number of hydrogen-bond acceptors (Lipinski definition) is 3. The number of hydrogen-bond donors (Lipinski definition) is 1. The van der Waals surface area contributed by atoms with Gasteiger partial charge in [-0.25, -0.2) is 0 Å². The van der Waals surface area contributed by atoms with Crippen molar-refractivity contribution in [2.45, 2.75) is 25.3 Å². The van der Waals surface area contributed by atoms with Crippen LogP contribution in [0.15, 0.2) is 12.2 Å². The van der Waals surface area contributed by atoms with Crippen molar-refractivity contribution in [3.05, 3.63) is 12.2 Å². The first kappa shape index (κ1) is 11.5. The lowest BCUT2D eigenvalue weighted by atomic mass is 9.99. The third-order valence-corrected chi connectivity index (χ3v) is 3.77. The molecule has 1 atom stereocenters. The van der Waals surface area contributed by atoms with E-state index in [1.165, 1.54) is 45.4 Å². The van der Waals surface area contributed by atoms with Crippen molar-refractivity contribution < 1.29 is 0 Å². The topological polar surface area (TPSA) is 6.48 Å². The zero-order chi connectivity index (χ0) is 10.5. The molecule has 2 fully saturated rings. The van der Waals surface area contributed by atoms with Crippen molar-refractivity contribution in [3.63, 3.8) is 0 Å². The summed E-state index contributed by atoms with van der Waals surface area (Å²) >= 11 is 4.18. The molecule has 0 bridgehead atoms. The van der Waals surface area contributed by atoms with Crippen LogP contribution in [0.2, 0.25) is 0 Å². The maximum Gasteiger partial charge on any atom is 0.0223 e. The standard InChI is InChI=1S/C12H22N2S/c15-10-4-3-6-13-8-9-14-7-2-1-5-12(14)11-13/h3-4,12,15H,1-2,5-11H2. The van der Waals surface area contributed by atoms with E-state index in [-0.39, 0.29) is 0 Å². The van der Waals surface area contributed by atoms with Gasteiger partial charge in [-0.15, -0.1) is 0 Å². The number of piperidine rings is 1. The van der Waals surface area contributed by atoms with Gasteiger partial charge in [0, 0.05) is 38.0 Å². The van der Waals surface area contributed by atoms with Crippen LogP contribution in [0.5, 0.6) is 0 Å². The van der Waals surface area contributed by atoms with Gasteiger partial charge >= 0.3 is 0 Å². The Morgan fingerprint density at radius 2 is 2.07 bits per heavy atom.